The maximum atomic E-state index is 13.4. The number of nitrogens with zero attached hydrogens (tertiary/aromatic N) is 3. The molecule has 7 heteroatoms. The molecule has 1 saturated carbocycles. The minimum absolute atomic E-state index is 0.0682. The molecule has 1 aliphatic carbocycles. The number of carbonyl (C=O) groups excluding carboxylic acids is 2. The predicted molar refractivity (Wildman–Crippen MR) is 124 cm³/mol. The lowest BCUT2D eigenvalue weighted by atomic mass is 10.0. The number of piperidine rings is 1. The van der Waals surface area contributed by atoms with Gasteiger partial charge in [0.05, 0.1) is 0 Å². The van der Waals surface area contributed by atoms with E-state index in [4.69, 9.17) is 10.00 Å². The van der Waals surface area contributed by atoms with Crippen molar-refractivity contribution in [3.05, 3.63) is 46.8 Å². The molecule has 0 atom stereocenters. The molecule has 2 aliphatic rings. The average Bonchev–Trinajstić information content (AvgIpc) is 3.48. The Kier molecular flexibility index (Phi) is 6.25. The molecule has 6 nitrogen and oxygen atoms in total. The van der Waals surface area contributed by atoms with Gasteiger partial charge in [-0.05, 0) is 76.3 Å². The minimum Gasteiger partial charge on any atom is -0.444 e. The molecule has 1 aromatic heterocycles. The summed E-state index contributed by atoms with van der Waals surface area (Å²) in [5.74, 6) is 0.0682. The van der Waals surface area contributed by atoms with E-state index >= 15 is 0 Å². The number of likely N-dealkylation sites (tertiary alicyclic amines) is 1. The Hall–Kier alpha value is -2.85. The van der Waals surface area contributed by atoms with Gasteiger partial charge in [-0.25, -0.2) is 4.79 Å². The predicted octanol–water partition coefficient (Wildman–Crippen LogP) is 5.29. The van der Waals surface area contributed by atoms with Crippen LogP contribution in [0, 0.1) is 11.3 Å². The monoisotopic (exact) mass is 451 g/mol. The number of rotatable bonds is 4. The molecule has 2 aromatic rings. The highest BCUT2D eigenvalue weighted by atomic mass is 32.1. The third-order valence-corrected chi connectivity index (χ3v) is 6.86. The van der Waals surface area contributed by atoms with E-state index in [-0.39, 0.29) is 18.0 Å². The smallest absolute Gasteiger partial charge is 0.410 e. The molecule has 0 N–H and O–H groups in total. The molecule has 168 valence electrons. The van der Waals surface area contributed by atoms with Crippen molar-refractivity contribution in [1.82, 2.24) is 9.80 Å². The van der Waals surface area contributed by atoms with Crippen molar-refractivity contribution in [2.45, 2.75) is 64.1 Å². The quantitative estimate of drug-likeness (QED) is 0.633. The Morgan fingerprint density at radius 1 is 1.03 bits per heavy atom. The minimum atomic E-state index is -0.505. The molecule has 0 bridgehead atoms. The maximum absolute atomic E-state index is 13.4. The summed E-state index contributed by atoms with van der Waals surface area (Å²) >= 11 is 1.45. The first-order valence-corrected chi connectivity index (χ1v) is 12.0. The zero-order chi connectivity index (χ0) is 22.9. The van der Waals surface area contributed by atoms with Crippen LogP contribution in [0.25, 0.3) is 10.4 Å². The number of hydrogen-bond donors (Lipinski definition) is 0. The first-order valence-electron chi connectivity index (χ1n) is 11.2. The molecule has 0 unspecified atom stereocenters. The molecule has 1 aromatic carbocycles. The van der Waals surface area contributed by atoms with E-state index in [1.165, 1.54) is 11.3 Å². The highest BCUT2D eigenvalue weighted by Crippen LogP contribution is 2.34. The Balaban J connectivity index is 1.42. The average molecular weight is 452 g/mol. The normalized spacial score (nSPS) is 17.0. The van der Waals surface area contributed by atoms with E-state index in [0.29, 0.717) is 29.6 Å². The third kappa shape index (κ3) is 5.13. The Bertz CT molecular complexity index is 1020. The van der Waals surface area contributed by atoms with Crippen LogP contribution in [-0.4, -0.2) is 52.6 Å². The van der Waals surface area contributed by atoms with E-state index in [1.54, 1.807) is 4.90 Å². The molecular formula is C25H29N3O3S. The Morgan fingerprint density at radius 3 is 2.19 bits per heavy atom. The molecule has 0 spiro atoms. The fourth-order valence-corrected chi connectivity index (χ4v) is 4.92. The van der Waals surface area contributed by atoms with Crippen LogP contribution in [0.2, 0.25) is 0 Å². The van der Waals surface area contributed by atoms with Crippen molar-refractivity contribution in [2.75, 3.05) is 13.1 Å². The second-order valence-electron chi connectivity index (χ2n) is 9.50. The van der Waals surface area contributed by atoms with Gasteiger partial charge in [-0.1, -0.05) is 12.1 Å². The van der Waals surface area contributed by atoms with E-state index in [1.807, 2.05) is 57.2 Å². The van der Waals surface area contributed by atoms with Crippen molar-refractivity contribution in [2.24, 2.45) is 0 Å². The van der Waals surface area contributed by atoms with Gasteiger partial charge in [-0.3, -0.25) is 4.79 Å². The van der Waals surface area contributed by atoms with Crippen LogP contribution in [0.5, 0.6) is 0 Å². The number of amides is 2. The van der Waals surface area contributed by atoms with Gasteiger partial charge in [-0.2, -0.15) is 5.26 Å². The van der Waals surface area contributed by atoms with Gasteiger partial charge < -0.3 is 14.5 Å². The lowest BCUT2D eigenvalue weighted by Crippen LogP contribution is -2.50. The van der Waals surface area contributed by atoms with Gasteiger partial charge in [0.2, 0.25) is 0 Å². The van der Waals surface area contributed by atoms with Gasteiger partial charge in [0.15, 0.2) is 0 Å². The van der Waals surface area contributed by atoms with Crippen LogP contribution in [0.3, 0.4) is 0 Å². The summed E-state index contributed by atoms with van der Waals surface area (Å²) in [6.07, 6.45) is 3.35. The lowest BCUT2D eigenvalue weighted by molar-refractivity contribution is 0.0142. The molecule has 2 heterocycles. The zero-order valence-electron chi connectivity index (χ0n) is 18.8. The Labute approximate surface area is 193 Å². The number of hydrogen-bond acceptors (Lipinski definition) is 5. The van der Waals surface area contributed by atoms with Gasteiger partial charge >= 0.3 is 6.09 Å². The maximum Gasteiger partial charge on any atom is 0.410 e. The van der Waals surface area contributed by atoms with Crippen LogP contribution < -0.4 is 0 Å². The lowest BCUT2D eigenvalue weighted by Gasteiger charge is -2.39. The van der Waals surface area contributed by atoms with Crippen molar-refractivity contribution < 1.29 is 14.3 Å². The van der Waals surface area contributed by atoms with Crippen molar-refractivity contribution in [3.63, 3.8) is 0 Å². The van der Waals surface area contributed by atoms with Crippen LogP contribution >= 0.6 is 11.3 Å². The van der Waals surface area contributed by atoms with Crippen LogP contribution in [0.15, 0.2) is 36.4 Å². The fourth-order valence-electron chi connectivity index (χ4n) is 4.11. The summed E-state index contributed by atoms with van der Waals surface area (Å²) in [4.78, 5) is 31.3. The van der Waals surface area contributed by atoms with Gasteiger partial charge in [-0.15, -0.1) is 11.3 Å². The molecule has 2 fully saturated rings. The second-order valence-corrected chi connectivity index (χ2v) is 10.6. The zero-order valence-corrected chi connectivity index (χ0v) is 19.7. The molecule has 0 radical (unpaired) electrons. The fraction of sp³-hybridized carbons (Fsp3) is 0.480. The van der Waals surface area contributed by atoms with E-state index in [9.17, 15) is 9.59 Å². The SMILES string of the molecule is CC(C)(C)OC(=O)N1CCC(N(C(=O)c2ccc(-c3ccc(C#N)s3)cc2)C2CC2)CC1. The summed E-state index contributed by atoms with van der Waals surface area (Å²) in [6, 6.07) is 14.0. The first kappa shape index (κ1) is 22.3. The highest BCUT2D eigenvalue weighted by molar-refractivity contribution is 7.16. The number of ether oxygens (including phenoxy) is 1. The van der Waals surface area contributed by atoms with Gasteiger partial charge in [0, 0.05) is 35.6 Å². The third-order valence-electron chi connectivity index (χ3n) is 5.82. The van der Waals surface area contributed by atoms with Crippen molar-refractivity contribution in [3.8, 4) is 16.5 Å². The largest absolute Gasteiger partial charge is 0.444 e. The first-order chi connectivity index (χ1) is 15.2. The van der Waals surface area contributed by atoms with Crippen molar-refractivity contribution in [1.29, 1.82) is 5.26 Å². The number of benzene rings is 1. The van der Waals surface area contributed by atoms with E-state index in [2.05, 4.69) is 11.0 Å². The number of carbonyl (C=O) groups is 2. The highest BCUT2D eigenvalue weighted by Gasteiger charge is 2.39. The Morgan fingerprint density at radius 2 is 1.66 bits per heavy atom. The summed E-state index contributed by atoms with van der Waals surface area (Å²) < 4.78 is 5.50. The summed E-state index contributed by atoms with van der Waals surface area (Å²) in [5.41, 5.74) is 1.19. The van der Waals surface area contributed by atoms with E-state index < -0.39 is 5.60 Å². The summed E-state index contributed by atoms with van der Waals surface area (Å²) in [7, 11) is 0. The number of nitriles is 1. The van der Waals surface area contributed by atoms with Gasteiger partial charge in [0.25, 0.3) is 5.91 Å². The van der Waals surface area contributed by atoms with Crippen LogP contribution in [0.1, 0.15) is 61.7 Å². The van der Waals surface area contributed by atoms with Crippen LogP contribution in [0.4, 0.5) is 4.79 Å². The summed E-state index contributed by atoms with van der Waals surface area (Å²) in [5, 5.41) is 9.04. The van der Waals surface area contributed by atoms with E-state index in [0.717, 1.165) is 36.1 Å². The molecule has 2 amide bonds. The standard InChI is InChI=1S/C25H29N3O3S/c1-25(2,3)31-24(30)27-14-12-20(13-15-27)28(19-8-9-19)23(29)18-6-4-17(5-7-18)22-11-10-21(16-26)32-22/h4-7,10-11,19-20H,8-9,12-15H2,1-3H3. The topological polar surface area (TPSA) is 73.6 Å². The molecule has 32 heavy (non-hydrogen) atoms. The molecule has 1 saturated heterocycles. The molecule has 1 aliphatic heterocycles. The summed E-state index contributed by atoms with van der Waals surface area (Å²) in [6.45, 7) is 6.83. The molecule has 4 rings (SSSR count). The number of thiophene rings is 1. The molecular weight excluding hydrogens is 422 g/mol. The van der Waals surface area contributed by atoms with Crippen molar-refractivity contribution >= 4 is 23.3 Å². The van der Waals surface area contributed by atoms with Crippen LogP contribution in [-0.2, 0) is 4.74 Å². The second kappa shape index (κ2) is 8.95. The van der Waals surface area contributed by atoms with Gasteiger partial charge in [0.1, 0.15) is 16.5 Å².